The molecule has 0 saturated heterocycles. The van der Waals surface area contributed by atoms with Crippen molar-refractivity contribution in [2.24, 2.45) is 0 Å². The highest BCUT2D eigenvalue weighted by molar-refractivity contribution is 14.1. The summed E-state index contributed by atoms with van der Waals surface area (Å²) in [5, 5.41) is 7.64. The van der Waals surface area contributed by atoms with E-state index in [9.17, 15) is 0 Å². The van der Waals surface area contributed by atoms with E-state index < -0.39 is 0 Å². The van der Waals surface area contributed by atoms with Gasteiger partial charge in [0.05, 0.1) is 9.77 Å². The average Bonchev–Trinajstić information content (AvgIpc) is 1.83. The third-order valence-electron chi connectivity index (χ3n) is 0.707. The van der Waals surface area contributed by atoms with E-state index in [1.54, 1.807) is 6.20 Å². The zero-order valence-corrected chi connectivity index (χ0v) is 10.6. The maximum atomic E-state index is 3.86. The van der Waals surface area contributed by atoms with Crippen molar-refractivity contribution in [3.63, 3.8) is 0 Å². The summed E-state index contributed by atoms with van der Waals surface area (Å²) in [4.78, 5) is 0. The van der Waals surface area contributed by atoms with Crippen LogP contribution in [0.15, 0.2) is 6.20 Å². The van der Waals surface area contributed by atoms with E-state index >= 15 is 0 Å². The summed E-state index contributed by atoms with van der Waals surface area (Å²) in [7, 11) is 0. The van der Waals surface area contributed by atoms with E-state index in [0.717, 1.165) is 7.27 Å². The summed E-state index contributed by atoms with van der Waals surface area (Å²) in [6, 6.07) is 0. The molecule has 0 atom stereocenters. The molecular weight excluding hydrogens is 457 g/mol. The second-order valence-corrected chi connectivity index (χ2v) is 4.56. The molecule has 0 aliphatic heterocycles. The molecule has 0 fully saturated rings. The first-order chi connectivity index (χ1) is 4.22. The second-order valence-electron chi connectivity index (χ2n) is 1.30. The number of aromatic nitrogens is 2. The Kier molecular flexibility index (Phi) is 3.35. The minimum absolute atomic E-state index is 0.972. The topological polar surface area (TPSA) is 25.8 Å². The highest BCUT2D eigenvalue weighted by Gasteiger charge is 2.00. The number of rotatable bonds is 0. The Labute approximate surface area is 93.6 Å². The van der Waals surface area contributed by atoms with Crippen LogP contribution in [0.5, 0.6) is 0 Å². The first-order valence-corrected chi connectivity index (χ1v) is 5.27. The van der Waals surface area contributed by atoms with E-state index in [1.165, 1.54) is 3.57 Å². The van der Waals surface area contributed by atoms with E-state index in [0.29, 0.717) is 0 Å². The zero-order valence-electron chi connectivity index (χ0n) is 4.11. The zero-order chi connectivity index (χ0) is 6.85. The van der Waals surface area contributed by atoms with E-state index in [2.05, 4.69) is 78.0 Å². The molecule has 0 spiro atoms. The van der Waals surface area contributed by atoms with Gasteiger partial charge in [-0.25, -0.2) is 0 Å². The van der Waals surface area contributed by atoms with E-state index in [-0.39, 0.29) is 0 Å². The Balaban J connectivity index is 3.25. The van der Waals surface area contributed by atoms with Crippen molar-refractivity contribution in [2.75, 3.05) is 0 Å². The highest BCUT2D eigenvalue weighted by atomic mass is 127. The number of hydrogen-bond acceptors (Lipinski definition) is 2. The summed E-state index contributed by atoms with van der Waals surface area (Å²) in [5.41, 5.74) is 0. The van der Waals surface area contributed by atoms with Gasteiger partial charge in [0.1, 0.15) is 3.70 Å². The van der Waals surface area contributed by atoms with Crippen LogP contribution >= 0.6 is 67.8 Å². The maximum absolute atomic E-state index is 3.86. The molecule has 1 aromatic heterocycles. The van der Waals surface area contributed by atoms with Crippen molar-refractivity contribution in [1.82, 2.24) is 10.2 Å². The van der Waals surface area contributed by atoms with Crippen LogP contribution in [0, 0.1) is 10.8 Å². The summed E-state index contributed by atoms with van der Waals surface area (Å²) in [5.74, 6) is 0. The predicted octanol–water partition coefficient (Wildman–Crippen LogP) is 2.29. The van der Waals surface area contributed by atoms with Crippen molar-refractivity contribution < 1.29 is 0 Å². The molecule has 0 unspecified atom stereocenters. The van der Waals surface area contributed by atoms with Crippen LogP contribution in [-0.2, 0) is 0 Å². The lowest BCUT2D eigenvalue weighted by molar-refractivity contribution is 0.982. The molecule has 0 bridgehead atoms. The number of nitrogens with zero attached hydrogens (tertiary/aromatic N) is 2. The lowest BCUT2D eigenvalue weighted by Crippen LogP contribution is -1.91. The Hall–Kier alpha value is 1.27. The van der Waals surface area contributed by atoms with Crippen molar-refractivity contribution >= 4 is 67.8 Å². The molecule has 0 amide bonds. The normalized spacial score (nSPS) is 9.67. The smallest absolute Gasteiger partial charge is 0.138 e. The quantitative estimate of drug-likeness (QED) is 0.559. The Morgan fingerprint density at radius 2 is 1.89 bits per heavy atom. The molecule has 0 radical (unpaired) electrons. The SMILES string of the molecule is Ic1cnnc(I)c1I. The molecule has 0 aromatic carbocycles. The summed E-state index contributed by atoms with van der Waals surface area (Å²) in [6.07, 6.45) is 1.75. The second kappa shape index (κ2) is 3.60. The van der Waals surface area contributed by atoms with Gasteiger partial charge in [-0.2, -0.15) is 5.10 Å². The minimum atomic E-state index is 0.972. The highest BCUT2D eigenvalue weighted by Crippen LogP contribution is 2.16. The van der Waals surface area contributed by atoms with Gasteiger partial charge in [-0.3, -0.25) is 0 Å². The van der Waals surface area contributed by atoms with Crippen LogP contribution in [0.4, 0.5) is 0 Å². The van der Waals surface area contributed by atoms with Gasteiger partial charge in [-0.15, -0.1) is 5.10 Å². The first-order valence-electron chi connectivity index (χ1n) is 2.04. The molecule has 0 N–H and O–H groups in total. The van der Waals surface area contributed by atoms with Gasteiger partial charge in [-0.05, 0) is 67.8 Å². The van der Waals surface area contributed by atoms with Crippen molar-refractivity contribution in [1.29, 1.82) is 0 Å². The molecule has 0 aliphatic rings. The van der Waals surface area contributed by atoms with Crippen molar-refractivity contribution in [3.05, 3.63) is 17.0 Å². The largest absolute Gasteiger partial charge is 0.157 e. The average molecular weight is 458 g/mol. The van der Waals surface area contributed by atoms with E-state index in [4.69, 9.17) is 0 Å². The monoisotopic (exact) mass is 458 g/mol. The molecule has 0 saturated carbocycles. The third-order valence-corrected chi connectivity index (χ3v) is 5.44. The Bertz CT molecular complexity index is 205. The van der Waals surface area contributed by atoms with Crippen molar-refractivity contribution in [2.45, 2.75) is 0 Å². The predicted molar refractivity (Wildman–Crippen MR) is 60.2 cm³/mol. The molecule has 2 nitrogen and oxygen atoms in total. The van der Waals surface area contributed by atoms with E-state index in [1.807, 2.05) is 0 Å². The van der Waals surface area contributed by atoms with Crippen LogP contribution in [0.3, 0.4) is 0 Å². The Morgan fingerprint density at radius 1 is 1.22 bits per heavy atom. The van der Waals surface area contributed by atoms with Crippen LogP contribution in [0.25, 0.3) is 0 Å². The standard InChI is InChI=1S/C4HI3N2/c5-2-1-8-9-4(7)3(2)6/h1H. The fourth-order valence-electron chi connectivity index (χ4n) is 0.329. The molecule has 48 valence electrons. The lowest BCUT2D eigenvalue weighted by Gasteiger charge is -1.93. The molecule has 0 aliphatic carbocycles. The third kappa shape index (κ3) is 2.10. The minimum Gasteiger partial charge on any atom is -0.157 e. The molecule has 1 heterocycles. The molecule has 9 heavy (non-hydrogen) atoms. The van der Waals surface area contributed by atoms with Gasteiger partial charge in [0.15, 0.2) is 0 Å². The van der Waals surface area contributed by atoms with Crippen LogP contribution in [-0.4, -0.2) is 10.2 Å². The molecule has 1 aromatic rings. The lowest BCUT2D eigenvalue weighted by atomic mass is 10.6. The van der Waals surface area contributed by atoms with Crippen LogP contribution < -0.4 is 0 Å². The van der Waals surface area contributed by atoms with Gasteiger partial charge in [0.25, 0.3) is 0 Å². The number of hydrogen-bond donors (Lipinski definition) is 0. The summed E-state index contributed by atoms with van der Waals surface area (Å²) < 4.78 is 3.32. The number of halogens is 3. The van der Waals surface area contributed by atoms with Gasteiger partial charge < -0.3 is 0 Å². The van der Waals surface area contributed by atoms with Crippen LogP contribution in [0.1, 0.15) is 0 Å². The summed E-state index contributed by atoms with van der Waals surface area (Å²) in [6.45, 7) is 0. The van der Waals surface area contributed by atoms with Crippen LogP contribution in [0.2, 0.25) is 0 Å². The summed E-state index contributed by atoms with van der Waals surface area (Å²) >= 11 is 6.65. The first kappa shape index (κ1) is 8.37. The van der Waals surface area contributed by atoms with Gasteiger partial charge in [0.2, 0.25) is 0 Å². The van der Waals surface area contributed by atoms with Gasteiger partial charge in [0, 0.05) is 3.57 Å². The molecule has 1 rings (SSSR count). The van der Waals surface area contributed by atoms with Crippen molar-refractivity contribution in [3.8, 4) is 0 Å². The fraction of sp³-hybridized carbons (Fsp3) is 0. The molecule has 5 heteroatoms. The Morgan fingerprint density at radius 3 is 2.33 bits per heavy atom. The van der Waals surface area contributed by atoms with Gasteiger partial charge >= 0.3 is 0 Å². The van der Waals surface area contributed by atoms with Gasteiger partial charge in [-0.1, -0.05) is 0 Å². The molecular formula is C4HI3N2. The fourth-order valence-corrected chi connectivity index (χ4v) is 1.89. The maximum Gasteiger partial charge on any atom is 0.138 e.